The van der Waals surface area contributed by atoms with Gasteiger partial charge in [0.15, 0.2) is 0 Å². The molecule has 0 saturated heterocycles. The molecule has 0 amide bonds. The monoisotopic (exact) mass is 292 g/mol. The van der Waals surface area contributed by atoms with Gasteiger partial charge in [0.1, 0.15) is 6.07 Å². The molecule has 0 atom stereocenters. The fraction of sp³-hybridized carbons (Fsp3) is 0.286. The summed E-state index contributed by atoms with van der Waals surface area (Å²) in [5, 5.41) is 12.1. The maximum Gasteiger partial charge on any atom is 0.232 e. The molecule has 0 fully saturated rings. The largest absolute Gasteiger partial charge is 0.419 e. The number of aryl methyl sites for hydroxylation is 1. The van der Waals surface area contributed by atoms with E-state index in [1.54, 1.807) is 0 Å². The molecule has 6 heteroatoms. The van der Waals surface area contributed by atoms with Crippen LogP contribution in [-0.2, 0) is 0 Å². The number of nitriles is 1. The Labute approximate surface area is 124 Å². The standard InChI is InChI=1S/C14H16N4O.ClH/c1-10-3-5-11(6-4-10)13-18-12(9-16)14(19-13)17-8-2-7-15;/h3-6,17H,2,7-8,15H2,1H3;1H. The zero-order chi connectivity index (χ0) is 13.7. The van der Waals surface area contributed by atoms with Crippen molar-refractivity contribution in [2.75, 3.05) is 18.4 Å². The van der Waals surface area contributed by atoms with Gasteiger partial charge >= 0.3 is 0 Å². The molecule has 5 nitrogen and oxygen atoms in total. The fourth-order valence-electron chi connectivity index (χ4n) is 1.64. The Kier molecular flexibility index (Phi) is 6.04. The number of oxazole rings is 1. The predicted octanol–water partition coefficient (Wildman–Crippen LogP) is 2.70. The lowest BCUT2D eigenvalue weighted by Gasteiger charge is -2.00. The Morgan fingerprint density at radius 1 is 1.35 bits per heavy atom. The number of nitrogens with two attached hydrogens (primary N) is 1. The number of hydrogen-bond acceptors (Lipinski definition) is 5. The van der Waals surface area contributed by atoms with Crippen molar-refractivity contribution in [3.63, 3.8) is 0 Å². The number of rotatable bonds is 5. The Bertz CT molecular complexity index is 586. The van der Waals surface area contributed by atoms with Crippen molar-refractivity contribution < 1.29 is 4.42 Å². The van der Waals surface area contributed by atoms with Gasteiger partial charge in [0.2, 0.25) is 17.5 Å². The van der Waals surface area contributed by atoms with E-state index < -0.39 is 0 Å². The Hall–Kier alpha value is -2.03. The molecule has 0 unspecified atom stereocenters. The van der Waals surface area contributed by atoms with Crippen molar-refractivity contribution in [2.24, 2.45) is 5.73 Å². The summed E-state index contributed by atoms with van der Waals surface area (Å²) >= 11 is 0. The van der Waals surface area contributed by atoms with E-state index in [4.69, 9.17) is 15.4 Å². The molecule has 0 aliphatic heterocycles. The lowest BCUT2D eigenvalue weighted by Crippen LogP contribution is -2.08. The lowest BCUT2D eigenvalue weighted by molar-refractivity contribution is 0.584. The van der Waals surface area contributed by atoms with E-state index in [-0.39, 0.29) is 18.1 Å². The average molecular weight is 293 g/mol. The maximum atomic E-state index is 9.04. The molecular weight excluding hydrogens is 276 g/mol. The molecule has 0 radical (unpaired) electrons. The molecule has 3 N–H and O–H groups in total. The van der Waals surface area contributed by atoms with Crippen LogP contribution in [0.2, 0.25) is 0 Å². The quantitative estimate of drug-likeness (QED) is 0.827. The maximum absolute atomic E-state index is 9.04. The van der Waals surface area contributed by atoms with Gasteiger partial charge in [0, 0.05) is 12.1 Å². The summed E-state index contributed by atoms with van der Waals surface area (Å²) in [6.45, 7) is 3.27. The molecular formula is C14H17ClN4O. The van der Waals surface area contributed by atoms with Crippen LogP contribution in [0.3, 0.4) is 0 Å². The number of halogens is 1. The fourth-order valence-corrected chi connectivity index (χ4v) is 1.64. The molecule has 20 heavy (non-hydrogen) atoms. The van der Waals surface area contributed by atoms with Gasteiger partial charge in [-0.1, -0.05) is 17.7 Å². The predicted molar refractivity (Wildman–Crippen MR) is 80.8 cm³/mol. The Morgan fingerprint density at radius 3 is 2.65 bits per heavy atom. The van der Waals surface area contributed by atoms with E-state index in [9.17, 15) is 0 Å². The number of hydrogen-bond donors (Lipinski definition) is 2. The van der Waals surface area contributed by atoms with E-state index in [1.165, 1.54) is 0 Å². The Balaban J connectivity index is 0.00000200. The van der Waals surface area contributed by atoms with Gasteiger partial charge in [-0.3, -0.25) is 0 Å². The van der Waals surface area contributed by atoms with Crippen molar-refractivity contribution in [3.8, 4) is 17.5 Å². The summed E-state index contributed by atoms with van der Waals surface area (Å²) < 4.78 is 5.59. The van der Waals surface area contributed by atoms with Crippen LogP contribution < -0.4 is 11.1 Å². The summed E-state index contributed by atoms with van der Waals surface area (Å²) in [5.74, 6) is 0.860. The molecule has 1 aromatic carbocycles. The van der Waals surface area contributed by atoms with Gasteiger partial charge in [-0.05, 0) is 32.0 Å². The molecule has 0 spiro atoms. The van der Waals surface area contributed by atoms with Gasteiger partial charge in [-0.2, -0.15) is 10.2 Å². The van der Waals surface area contributed by atoms with Crippen LogP contribution >= 0.6 is 12.4 Å². The summed E-state index contributed by atoms with van der Waals surface area (Å²) in [6, 6.07) is 9.83. The number of aromatic nitrogens is 1. The van der Waals surface area contributed by atoms with Crippen molar-refractivity contribution in [1.29, 1.82) is 5.26 Å². The van der Waals surface area contributed by atoms with Gasteiger partial charge in [-0.25, -0.2) is 0 Å². The minimum Gasteiger partial charge on any atom is -0.419 e. The highest BCUT2D eigenvalue weighted by atomic mass is 35.5. The molecule has 2 rings (SSSR count). The smallest absolute Gasteiger partial charge is 0.232 e. The van der Waals surface area contributed by atoms with Crippen LogP contribution in [-0.4, -0.2) is 18.1 Å². The summed E-state index contributed by atoms with van der Waals surface area (Å²) in [6.07, 6.45) is 0.811. The molecule has 0 bridgehead atoms. The zero-order valence-electron chi connectivity index (χ0n) is 11.2. The first-order chi connectivity index (χ1) is 9.24. The highest BCUT2D eigenvalue weighted by Crippen LogP contribution is 2.25. The molecule has 2 aromatic rings. The lowest BCUT2D eigenvalue weighted by atomic mass is 10.1. The van der Waals surface area contributed by atoms with E-state index in [1.807, 2.05) is 37.3 Å². The van der Waals surface area contributed by atoms with E-state index >= 15 is 0 Å². The van der Waals surface area contributed by atoms with E-state index in [0.29, 0.717) is 24.9 Å². The zero-order valence-corrected chi connectivity index (χ0v) is 12.0. The second-order valence-corrected chi connectivity index (χ2v) is 4.24. The van der Waals surface area contributed by atoms with Crippen LogP contribution in [0.4, 0.5) is 5.88 Å². The van der Waals surface area contributed by atoms with E-state index in [2.05, 4.69) is 10.3 Å². The van der Waals surface area contributed by atoms with Gasteiger partial charge in [0.25, 0.3) is 0 Å². The molecule has 1 heterocycles. The highest BCUT2D eigenvalue weighted by Gasteiger charge is 2.13. The van der Waals surface area contributed by atoms with Gasteiger partial charge in [0.05, 0.1) is 0 Å². The van der Waals surface area contributed by atoms with Crippen LogP contribution in [0.15, 0.2) is 28.7 Å². The van der Waals surface area contributed by atoms with Crippen molar-refractivity contribution in [1.82, 2.24) is 4.98 Å². The third-order valence-corrected chi connectivity index (χ3v) is 2.70. The second-order valence-electron chi connectivity index (χ2n) is 4.24. The van der Waals surface area contributed by atoms with E-state index in [0.717, 1.165) is 17.5 Å². The molecule has 0 saturated carbocycles. The third kappa shape index (κ3) is 3.73. The number of anilines is 1. The second kappa shape index (κ2) is 7.53. The molecule has 0 aliphatic rings. The minimum atomic E-state index is 0. The molecule has 1 aromatic heterocycles. The van der Waals surface area contributed by atoms with Crippen LogP contribution in [0, 0.1) is 18.3 Å². The van der Waals surface area contributed by atoms with Crippen molar-refractivity contribution in [2.45, 2.75) is 13.3 Å². The highest BCUT2D eigenvalue weighted by molar-refractivity contribution is 5.85. The first-order valence-corrected chi connectivity index (χ1v) is 6.16. The normalized spacial score (nSPS) is 9.65. The van der Waals surface area contributed by atoms with Gasteiger partial charge in [-0.15, -0.1) is 12.4 Å². The summed E-state index contributed by atoms with van der Waals surface area (Å²) in [4.78, 5) is 4.19. The number of benzene rings is 1. The van der Waals surface area contributed by atoms with Crippen molar-refractivity contribution >= 4 is 18.3 Å². The molecule has 0 aliphatic carbocycles. The Morgan fingerprint density at radius 2 is 2.05 bits per heavy atom. The van der Waals surface area contributed by atoms with Crippen LogP contribution in [0.1, 0.15) is 17.7 Å². The summed E-state index contributed by atoms with van der Waals surface area (Å²) in [5.41, 5.74) is 7.71. The topological polar surface area (TPSA) is 87.9 Å². The number of nitrogens with one attached hydrogen (secondary N) is 1. The first-order valence-electron chi connectivity index (χ1n) is 6.16. The summed E-state index contributed by atoms with van der Waals surface area (Å²) in [7, 11) is 0. The first kappa shape index (κ1) is 16.0. The third-order valence-electron chi connectivity index (χ3n) is 2.70. The minimum absolute atomic E-state index is 0. The molecule has 106 valence electrons. The van der Waals surface area contributed by atoms with Crippen LogP contribution in [0.25, 0.3) is 11.5 Å². The average Bonchev–Trinajstić information content (AvgIpc) is 2.83. The number of nitrogens with zero attached hydrogens (tertiary/aromatic N) is 2. The SMILES string of the molecule is Cc1ccc(-c2nc(C#N)c(NCCCN)o2)cc1.Cl. The van der Waals surface area contributed by atoms with Crippen LogP contribution in [0.5, 0.6) is 0 Å². The van der Waals surface area contributed by atoms with Gasteiger partial charge < -0.3 is 15.5 Å². The van der Waals surface area contributed by atoms with Crippen molar-refractivity contribution in [3.05, 3.63) is 35.5 Å².